The van der Waals surface area contributed by atoms with Crippen LogP contribution in [0.5, 0.6) is 0 Å². The Labute approximate surface area is 224 Å². The van der Waals surface area contributed by atoms with E-state index in [1.807, 2.05) is 39.0 Å². The van der Waals surface area contributed by atoms with Gasteiger partial charge in [-0.2, -0.15) is 0 Å². The lowest BCUT2D eigenvalue weighted by molar-refractivity contribution is -0.149. The standard InChI is InChI=1S/C28H40N4O6/c1-4-20(17-33)32-23(25(35)29-10-11-31-12-14-37-15-13-31)28-16-18(2)27(3,38-28)21(22(28)26(32)36)24(34)30-19-8-6-5-7-9-19/h5-9,18,20-23,33H,4,10-17H2,1-3H3,(H,29,35)(H,30,34)/t18?,20-,21-,22-,23?,27+,28?/m0/s1. The van der Waals surface area contributed by atoms with Crippen LogP contribution in [0.3, 0.4) is 0 Å². The van der Waals surface area contributed by atoms with E-state index in [2.05, 4.69) is 15.5 Å². The molecule has 2 bridgehead atoms. The molecule has 3 amide bonds. The summed E-state index contributed by atoms with van der Waals surface area (Å²) in [5.74, 6) is -2.47. The number of nitrogens with one attached hydrogen (secondary N) is 2. The SMILES string of the molecule is CC[C@@H](CO)N1C(=O)[C@@H]2[C@@H](C(=O)Nc3ccccc3)[C@]3(C)OC2(CC3C)C1C(=O)NCCN1CCOCC1. The van der Waals surface area contributed by atoms with E-state index in [0.717, 1.165) is 13.1 Å². The van der Waals surface area contributed by atoms with Gasteiger partial charge in [0.1, 0.15) is 11.6 Å². The number of aliphatic hydroxyl groups is 1. The van der Waals surface area contributed by atoms with Crippen LogP contribution in [-0.2, 0) is 23.9 Å². The summed E-state index contributed by atoms with van der Waals surface area (Å²) in [7, 11) is 0. The van der Waals surface area contributed by atoms with Gasteiger partial charge in [0.05, 0.1) is 43.3 Å². The molecule has 208 valence electrons. The fraction of sp³-hybridized carbons (Fsp3) is 0.679. The molecule has 0 aromatic heterocycles. The van der Waals surface area contributed by atoms with Crippen LogP contribution in [0.4, 0.5) is 5.69 Å². The topological polar surface area (TPSA) is 120 Å². The van der Waals surface area contributed by atoms with Crippen molar-refractivity contribution >= 4 is 23.4 Å². The van der Waals surface area contributed by atoms with Gasteiger partial charge < -0.3 is 30.1 Å². The number of amides is 3. The normalized spacial score (nSPS) is 35.3. The number of nitrogens with zero attached hydrogens (tertiary/aromatic N) is 2. The van der Waals surface area contributed by atoms with Gasteiger partial charge in [-0.05, 0) is 37.8 Å². The smallest absolute Gasteiger partial charge is 0.245 e. The number of likely N-dealkylation sites (tertiary alicyclic amines) is 1. The zero-order chi connectivity index (χ0) is 27.1. The minimum absolute atomic E-state index is 0.0455. The van der Waals surface area contributed by atoms with Crippen LogP contribution in [0.25, 0.3) is 0 Å². The number of ether oxygens (including phenoxy) is 2. The summed E-state index contributed by atoms with van der Waals surface area (Å²) in [5.41, 5.74) is -1.37. The van der Waals surface area contributed by atoms with Crippen molar-refractivity contribution in [2.45, 2.75) is 56.9 Å². The molecule has 0 radical (unpaired) electrons. The summed E-state index contributed by atoms with van der Waals surface area (Å²) >= 11 is 0. The van der Waals surface area contributed by atoms with Crippen LogP contribution in [0.15, 0.2) is 30.3 Å². The van der Waals surface area contributed by atoms with Crippen molar-refractivity contribution in [3.63, 3.8) is 0 Å². The number of benzene rings is 1. The number of fused-ring (bicyclic) bond motifs is 1. The molecular formula is C28H40N4O6. The molecule has 10 heteroatoms. The number of para-hydroxylation sites is 1. The Morgan fingerprint density at radius 2 is 1.89 bits per heavy atom. The minimum atomic E-state index is -1.13. The second-order valence-electron chi connectivity index (χ2n) is 11.3. The second kappa shape index (κ2) is 10.6. The largest absolute Gasteiger partial charge is 0.394 e. The van der Waals surface area contributed by atoms with Gasteiger partial charge in [-0.1, -0.05) is 32.0 Å². The maximum atomic E-state index is 14.1. The quantitative estimate of drug-likeness (QED) is 0.435. The van der Waals surface area contributed by atoms with E-state index in [1.54, 1.807) is 12.1 Å². The molecule has 1 aromatic rings. The van der Waals surface area contributed by atoms with Crippen molar-refractivity contribution in [1.29, 1.82) is 0 Å². The third kappa shape index (κ3) is 4.31. The number of hydrogen-bond acceptors (Lipinski definition) is 7. The van der Waals surface area contributed by atoms with E-state index in [0.29, 0.717) is 44.8 Å². The molecule has 7 atom stereocenters. The Bertz CT molecular complexity index is 1050. The molecule has 4 saturated heterocycles. The van der Waals surface area contributed by atoms with E-state index in [-0.39, 0.29) is 30.2 Å². The Kier molecular flexibility index (Phi) is 7.52. The van der Waals surface area contributed by atoms with Crippen molar-refractivity contribution in [3.05, 3.63) is 30.3 Å². The maximum absolute atomic E-state index is 14.1. The fourth-order valence-corrected chi connectivity index (χ4v) is 7.18. The Balaban J connectivity index is 1.44. The first-order valence-electron chi connectivity index (χ1n) is 13.8. The number of carbonyl (C=O) groups excluding carboxylic acids is 3. The fourth-order valence-electron chi connectivity index (χ4n) is 7.18. The zero-order valence-electron chi connectivity index (χ0n) is 22.5. The second-order valence-corrected chi connectivity index (χ2v) is 11.3. The van der Waals surface area contributed by atoms with Crippen LogP contribution in [-0.4, -0.2) is 102 Å². The Morgan fingerprint density at radius 3 is 2.55 bits per heavy atom. The third-order valence-corrected chi connectivity index (χ3v) is 9.23. The highest BCUT2D eigenvalue weighted by Gasteiger charge is 2.80. The predicted molar refractivity (Wildman–Crippen MR) is 140 cm³/mol. The summed E-state index contributed by atoms with van der Waals surface area (Å²) in [6.45, 7) is 9.63. The van der Waals surface area contributed by atoms with Crippen molar-refractivity contribution in [2.24, 2.45) is 17.8 Å². The molecule has 0 saturated carbocycles. The van der Waals surface area contributed by atoms with Gasteiger partial charge in [-0.3, -0.25) is 19.3 Å². The summed E-state index contributed by atoms with van der Waals surface area (Å²) in [6.07, 6.45) is 0.977. The van der Waals surface area contributed by atoms with Gasteiger partial charge in [0, 0.05) is 31.9 Å². The molecule has 10 nitrogen and oxygen atoms in total. The van der Waals surface area contributed by atoms with E-state index >= 15 is 0 Å². The molecule has 38 heavy (non-hydrogen) atoms. The van der Waals surface area contributed by atoms with Gasteiger partial charge >= 0.3 is 0 Å². The molecule has 4 fully saturated rings. The van der Waals surface area contributed by atoms with Crippen LogP contribution in [0.2, 0.25) is 0 Å². The minimum Gasteiger partial charge on any atom is -0.394 e. The first kappa shape index (κ1) is 27.1. The van der Waals surface area contributed by atoms with Crippen LogP contribution in [0.1, 0.15) is 33.6 Å². The van der Waals surface area contributed by atoms with Gasteiger partial charge in [0.2, 0.25) is 17.7 Å². The molecule has 4 heterocycles. The van der Waals surface area contributed by atoms with Gasteiger partial charge in [-0.15, -0.1) is 0 Å². The number of aliphatic hydroxyl groups excluding tert-OH is 1. The zero-order valence-corrected chi connectivity index (χ0v) is 22.5. The van der Waals surface area contributed by atoms with Gasteiger partial charge in [0.15, 0.2) is 0 Å². The Morgan fingerprint density at radius 1 is 1.18 bits per heavy atom. The predicted octanol–water partition coefficient (Wildman–Crippen LogP) is 0.855. The van der Waals surface area contributed by atoms with Gasteiger partial charge in [-0.25, -0.2) is 0 Å². The molecular weight excluding hydrogens is 488 g/mol. The van der Waals surface area contributed by atoms with E-state index in [1.165, 1.54) is 4.90 Å². The Hall–Kier alpha value is -2.53. The van der Waals surface area contributed by atoms with Gasteiger partial charge in [0.25, 0.3) is 0 Å². The molecule has 1 spiro atoms. The van der Waals surface area contributed by atoms with Crippen LogP contribution < -0.4 is 10.6 Å². The number of anilines is 1. The number of hydrogen-bond donors (Lipinski definition) is 3. The molecule has 1 aromatic carbocycles. The number of carbonyl (C=O) groups is 3. The highest BCUT2D eigenvalue weighted by atomic mass is 16.5. The average molecular weight is 529 g/mol. The maximum Gasteiger partial charge on any atom is 0.245 e. The highest BCUT2D eigenvalue weighted by molar-refractivity contribution is 6.02. The molecule has 3 N–H and O–H groups in total. The van der Waals surface area contributed by atoms with Crippen LogP contribution >= 0.6 is 0 Å². The van der Waals surface area contributed by atoms with E-state index < -0.39 is 35.1 Å². The summed E-state index contributed by atoms with van der Waals surface area (Å²) < 4.78 is 12.1. The lowest BCUT2D eigenvalue weighted by atomic mass is 9.62. The summed E-state index contributed by atoms with van der Waals surface area (Å²) in [4.78, 5) is 45.5. The van der Waals surface area contributed by atoms with E-state index in [9.17, 15) is 19.5 Å². The number of morpholine rings is 1. The summed E-state index contributed by atoms with van der Waals surface area (Å²) in [6, 6.07) is 7.70. The van der Waals surface area contributed by atoms with Crippen molar-refractivity contribution in [3.8, 4) is 0 Å². The number of rotatable bonds is 9. The van der Waals surface area contributed by atoms with E-state index in [4.69, 9.17) is 9.47 Å². The van der Waals surface area contributed by atoms with Crippen molar-refractivity contribution in [1.82, 2.24) is 15.1 Å². The highest BCUT2D eigenvalue weighted by Crippen LogP contribution is 2.65. The lowest BCUT2D eigenvalue weighted by Gasteiger charge is -2.37. The molecule has 5 rings (SSSR count). The first-order chi connectivity index (χ1) is 18.3. The molecule has 4 aliphatic heterocycles. The van der Waals surface area contributed by atoms with Crippen LogP contribution in [0, 0.1) is 17.8 Å². The first-order valence-corrected chi connectivity index (χ1v) is 13.8. The average Bonchev–Trinajstić information content (AvgIpc) is 3.43. The molecule has 4 aliphatic rings. The van der Waals surface area contributed by atoms with Crippen molar-refractivity contribution in [2.75, 3.05) is 51.3 Å². The molecule has 0 aliphatic carbocycles. The summed E-state index contributed by atoms with van der Waals surface area (Å²) in [5, 5.41) is 16.2. The monoisotopic (exact) mass is 528 g/mol. The third-order valence-electron chi connectivity index (χ3n) is 9.23. The van der Waals surface area contributed by atoms with Crippen molar-refractivity contribution < 1.29 is 29.0 Å². The molecule has 3 unspecified atom stereocenters. The lowest BCUT2D eigenvalue weighted by Crippen LogP contribution is -2.58.